The second-order valence-electron chi connectivity index (χ2n) is 9.18. The van der Waals surface area contributed by atoms with Crippen molar-refractivity contribution < 1.29 is 14.4 Å². The third-order valence-corrected chi connectivity index (χ3v) is 9.86. The molecule has 2 aliphatic heterocycles. The van der Waals surface area contributed by atoms with Crippen LogP contribution in [0.5, 0.6) is 0 Å². The summed E-state index contributed by atoms with van der Waals surface area (Å²) in [5, 5.41) is 2.78. The van der Waals surface area contributed by atoms with Gasteiger partial charge in [-0.15, -0.1) is 0 Å². The number of hydrogen-bond donors (Lipinski definition) is 1. The Bertz CT molecular complexity index is 1430. The van der Waals surface area contributed by atoms with Crippen molar-refractivity contribution in [3.63, 3.8) is 0 Å². The first-order valence-corrected chi connectivity index (χ1v) is 13.5. The van der Waals surface area contributed by atoms with Gasteiger partial charge in [0.15, 0.2) is 0 Å². The highest BCUT2D eigenvalue weighted by atomic mass is 79.9. The van der Waals surface area contributed by atoms with Crippen LogP contribution in [0.2, 0.25) is 0 Å². The van der Waals surface area contributed by atoms with E-state index in [2.05, 4.69) is 21.2 Å². The summed E-state index contributed by atoms with van der Waals surface area (Å²) in [6.07, 6.45) is 0. The van der Waals surface area contributed by atoms with Gasteiger partial charge in [0.2, 0.25) is 17.7 Å². The van der Waals surface area contributed by atoms with E-state index in [1.165, 1.54) is 21.2 Å². The maximum atomic E-state index is 13.5. The van der Waals surface area contributed by atoms with Crippen LogP contribution in [0.15, 0.2) is 62.8 Å². The average molecular weight is 573 g/mol. The van der Waals surface area contributed by atoms with E-state index in [0.717, 1.165) is 26.3 Å². The maximum absolute atomic E-state index is 13.5. The number of fused-ring (bicyclic) bond motifs is 2. The lowest BCUT2D eigenvalue weighted by atomic mass is 9.76. The Morgan fingerprint density at radius 3 is 2.43 bits per heavy atom. The summed E-state index contributed by atoms with van der Waals surface area (Å²) in [7, 11) is 0. The summed E-state index contributed by atoms with van der Waals surface area (Å²) in [5.41, 5.74) is 1.38. The fourth-order valence-corrected chi connectivity index (χ4v) is 7.96. The predicted molar refractivity (Wildman–Crippen MR) is 141 cm³/mol. The number of nitrogens with zero attached hydrogens (tertiary/aromatic N) is 2. The molecule has 0 saturated carbocycles. The summed E-state index contributed by atoms with van der Waals surface area (Å²) < 4.78 is 2.28. The van der Waals surface area contributed by atoms with E-state index in [1.807, 2.05) is 39.0 Å². The number of amides is 3. The molecule has 3 heterocycles. The van der Waals surface area contributed by atoms with Gasteiger partial charge in [-0.25, -0.2) is 4.90 Å². The van der Waals surface area contributed by atoms with Crippen molar-refractivity contribution in [1.29, 1.82) is 0 Å². The number of nitrogens with one attached hydrogen (secondary N) is 1. The van der Waals surface area contributed by atoms with E-state index < -0.39 is 16.6 Å². The lowest BCUT2D eigenvalue weighted by Crippen LogP contribution is -2.41. The fraction of sp³-hybridized carbons (Fsp3) is 0.280. The number of anilines is 2. The van der Waals surface area contributed by atoms with Crippen LogP contribution in [0, 0.1) is 12.8 Å². The Morgan fingerprint density at radius 2 is 1.74 bits per heavy atom. The Labute approximate surface area is 218 Å². The molecule has 10 heteroatoms. The zero-order valence-corrected chi connectivity index (χ0v) is 22.4. The number of para-hydroxylation sites is 1. The number of hydrogen-bond acceptors (Lipinski definition) is 6. The zero-order valence-electron chi connectivity index (χ0n) is 19.2. The summed E-state index contributed by atoms with van der Waals surface area (Å²) in [5.74, 6) is -1.51. The van der Waals surface area contributed by atoms with E-state index in [0.29, 0.717) is 16.4 Å². The first-order chi connectivity index (χ1) is 16.6. The monoisotopic (exact) mass is 571 g/mol. The molecule has 1 fully saturated rings. The Kier molecular flexibility index (Phi) is 6.01. The maximum Gasteiger partial charge on any atom is 0.308 e. The van der Waals surface area contributed by atoms with Crippen molar-refractivity contribution >= 4 is 68.1 Å². The molecule has 0 spiro atoms. The van der Waals surface area contributed by atoms with Gasteiger partial charge >= 0.3 is 4.87 Å². The Balaban J connectivity index is 1.48. The molecular formula is C25H22BrN3O4S2. The lowest BCUT2D eigenvalue weighted by molar-refractivity contribution is -0.123. The van der Waals surface area contributed by atoms with Gasteiger partial charge in [0.05, 0.1) is 16.6 Å². The van der Waals surface area contributed by atoms with Gasteiger partial charge < -0.3 is 5.32 Å². The predicted octanol–water partition coefficient (Wildman–Crippen LogP) is 4.56. The van der Waals surface area contributed by atoms with E-state index >= 15 is 0 Å². The zero-order chi connectivity index (χ0) is 25.1. The van der Waals surface area contributed by atoms with Crippen molar-refractivity contribution in [1.82, 2.24) is 4.57 Å². The van der Waals surface area contributed by atoms with E-state index in [9.17, 15) is 19.2 Å². The number of thiazole rings is 1. The summed E-state index contributed by atoms with van der Waals surface area (Å²) in [6.45, 7) is 5.52. The minimum atomic E-state index is -0.746. The fourth-order valence-electron chi connectivity index (χ4n) is 4.66. The quantitative estimate of drug-likeness (QED) is 0.464. The number of carbonyl (C=O) groups is 3. The molecule has 0 bridgehead atoms. The molecule has 1 N–H and O–H groups in total. The van der Waals surface area contributed by atoms with Crippen LogP contribution in [0.25, 0.3) is 0 Å². The van der Waals surface area contributed by atoms with Crippen LogP contribution in [0.1, 0.15) is 24.3 Å². The summed E-state index contributed by atoms with van der Waals surface area (Å²) in [4.78, 5) is 54.5. The Morgan fingerprint density at radius 1 is 1.06 bits per heavy atom. The van der Waals surface area contributed by atoms with Crippen molar-refractivity contribution in [2.45, 2.75) is 43.0 Å². The van der Waals surface area contributed by atoms with Crippen molar-refractivity contribution in [3.8, 4) is 0 Å². The SMILES string of the molecule is Cc1ccccc1NC(=O)Cn1c2c(sc1=O)C(C)(C)C1C(=O)N(c3ccc(Br)cc3)C(=O)C1S2. The lowest BCUT2D eigenvalue weighted by Gasteiger charge is -2.36. The molecule has 1 saturated heterocycles. The van der Waals surface area contributed by atoms with E-state index in [4.69, 9.17) is 0 Å². The highest BCUT2D eigenvalue weighted by Crippen LogP contribution is 2.54. The highest BCUT2D eigenvalue weighted by molar-refractivity contribution is 9.10. The van der Waals surface area contributed by atoms with Crippen LogP contribution >= 0.6 is 39.0 Å². The van der Waals surface area contributed by atoms with Crippen LogP contribution in [0.4, 0.5) is 11.4 Å². The van der Waals surface area contributed by atoms with Crippen LogP contribution < -0.4 is 15.1 Å². The van der Waals surface area contributed by atoms with Crippen LogP contribution in [-0.4, -0.2) is 27.5 Å². The van der Waals surface area contributed by atoms with E-state index in [1.54, 1.807) is 30.3 Å². The number of rotatable bonds is 4. The minimum Gasteiger partial charge on any atom is -0.324 e. The van der Waals surface area contributed by atoms with Crippen LogP contribution in [-0.2, 0) is 26.3 Å². The molecule has 5 rings (SSSR count). The molecule has 3 aromatic rings. The van der Waals surface area contributed by atoms with Crippen molar-refractivity contribution in [2.75, 3.05) is 10.2 Å². The smallest absolute Gasteiger partial charge is 0.308 e. The first-order valence-electron chi connectivity index (χ1n) is 11.0. The largest absolute Gasteiger partial charge is 0.324 e. The van der Waals surface area contributed by atoms with Gasteiger partial charge in [0, 0.05) is 20.5 Å². The number of aromatic nitrogens is 1. The molecule has 2 atom stereocenters. The van der Waals surface area contributed by atoms with Gasteiger partial charge in [-0.1, -0.05) is 71.1 Å². The first kappa shape index (κ1) is 24.0. The number of halogens is 1. The molecule has 180 valence electrons. The third kappa shape index (κ3) is 3.97. The van der Waals surface area contributed by atoms with Crippen molar-refractivity contribution in [2.24, 2.45) is 5.92 Å². The number of thioether (sulfide) groups is 1. The molecule has 3 amide bonds. The minimum absolute atomic E-state index is 0.169. The molecule has 2 aromatic carbocycles. The molecule has 1 aromatic heterocycles. The molecule has 7 nitrogen and oxygen atoms in total. The molecule has 2 unspecified atom stereocenters. The summed E-state index contributed by atoms with van der Waals surface area (Å²) in [6, 6.07) is 14.5. The van der Waals surface area contributed by atoms with Crippen molar-refractivity contribution in [3.05, 3.63) is 73.1 Å². The van der Waals surface area contributed by atoms with Gasteiger partial charge in [-0.2, -0.15) is 0 Å². The van der Waals surface area contributed by atoms with Gasteiger partial charge in [0.25, 0.3) is 0 Å². The average Bonchev–Trinajstić information content (AvgIpc) is 3.25. The number of aryl methyl sites for hydroxylation is 1. The van der Waals surface area contributed by atoms with Gasteiger partial charge in [-0.05, 0) is 42.8 Å². The van der Waals surface area contributed by atoms with Gasteiger partial charge in [0.1, 0.15) is 11.8 Å². The number of benzene rings is 2. The molecular weight excluding hydrogens is 550 g/mol. The van der Waals surface area contributed by atoms with Crippen LogP contribution in [0.3, 0.4) is 0 Å². The Hall–Kier alpha value is -2.69. The second kappa shape index (κ2) is 8.76. The number of carbonyl (C=O) groups excluding carboxylic acids is 3. The molecule has 0 radical (unpaired) electrons. The molecule has 35 heavy (non-hydrogen) atoms. The standard InChI is InChI=1S/C25H22BrN3O4S2/c1-13-6-4-5-7-16(13)27-17(30)12-28-23-20(35-24(28)33)25(2,3)18-19(34-23)22(32)29(21(18)31)15-10-8-14(26)9-11-15/h4-11,18-19H,12H2,1-3H3,(H,27,30). The second-order valence-corrected chi connectivity index (χ2v) is 12.2. The third-order valence-electron chi connectivity index (χ3n) is 6.51. The normalized spacial score (nSPS) is 20.5. The molecule has 0 aliphatic carbocycles. The van der Waals surface area contributed by atoms with Gasteiger partial charge in [-0.3, -0.25) is 23.7 Å². The number of imide groups is 1. The highest BCUT2D eigenvalue weighted by Gasteiger charge is 2.59. The summed E-state index contributed by atoms with van der Waals surface area (Å²) >= 11 is 5.64. The molecule has 2 aliphatic rings. The van der Waals surface area contributed by atoms with E-state index in [-0.39, 0.29) is 29.1 Å². The topological polar surface area (TPSA) is 88.5 Å².